The standard InChI is InChI=1S/C37H50N2O6/c1-5-28(40)34(42)25(16-15-22-13-14-22)19-29(41)33-31-27(37(31,3)4)20-39(33)35(43)32(26-17-23-10-6-7-11-24(23)18-26)38-36(44)45-30-12-8-9-21(30)2/h6-7,10-11,21-22,25-27,30-33H,5,8-9,12-20H2,1-4H3,(H,38,44)/t21-,25?,27-,30-,31?,32-,33?/m0/s1. The lowest BCUT2D eigenvalue weighted by Crippen LogP contribution is -2.57. The largest absolute Gasteiger partial charge is 0.446 e. The van der Waals surface area contributed by atoms with Gasteiger partial charge in [-0.1, -0.05) is 64.8 Å². The van der Waals surface area contributed by atoms with Crippen LogP contribution in [0.4, 0.5) is 4.79 Å². The van der Waals surface area contributed by atoms with Gasteiger partial charge in [-0.3, -0.25) is 19.2 Å². The number of piperidine rings is 1. The van der Waals surface area contributed by atoms with E-state index in [1.165, 1.54) is 11.1 Å². The van der Waals surface area contributed by atoms with Crippen LogP contribution in [0.1, 0.15) is 96.6 Å². The highest BCUT2D eigenvalue weighted by molar-refractivity contribution is 6.38. The van der Waals surface area contributed by atoms with Crippen LogP contribution < -0.4 is 5.32 Å². The maximum absolute atomic E-state index is 14.6. The quantitative estimate of drug-likeness (QED) is 0.293. The Kier molecular flexibility index (Phi) is 8.97. The number of hydrogen-bond acceptors (Lipinski definition) is 6. The van der Waals surface area contributed by atoms with Crippen molar-refractivity contribution in [3.63, 3.8) is 0 Å². The number of Topliss-reactive ketones (excluding diaryl/α,β-unsaturated/α-hetero) is 3. The van der Waals surface area contributed by atoms with Gasteiger partial charge in [0.1, 0.15) is 12.1 Å². The number of carbonyl (C=O) groups excluding carboxylic acids is 5. The molecule has 6 rings (SSSR count). The molecule has 2 amide bonds. The van der Waals surface area contributed by atoms with Gasteiger partial charge < -0.3 is 15.0 Å². The minimum absolute atomic E-state index is 0.00252. The molecule has 4 aliphatic carbocycles. The molecule has 8 nitrogen and oxygen atoms in total. The Morgan fingerprint density at radius 2 is 1.71 bits per heavy atom. The fourth-order valence-electron chi connectivity index (χ4n) is 8.79. The third kappa shape index (κ3) is 6.48. The number of hydrogen-bond donors (Lipinski definition) is 1. The van der Waals surface area contributed by atoms with Gasteiger partial charge in [0.15, 0.2) is 11.6 Å². The molecule has 0 radical (unpaired) electrons. The van der Waals surface area contributed by atoms with Gasteiger partial charge in [0.2, 0.25) is 11.7 Å². The summed E-state index contributed by atoms with van der Waals surface area (Å²) < 4.78 is 5.85. The molecular formula is C37H50N2O6. The van der Waals surface area contributed by atoms with E-state index in [9.17, 15) is 24.0 Å². The molecule has 7 atom stereocenters. The number of likely N-dealkylation sites (tertiary alicyclic amines) is 1. The maximum Gasteiger partial charge on any atom is 0.408 e. The summed E-state index contributed by atoms with van der Waals surface area (Å²) in [5, 5.41) is 2.99. The Hall–Kier alpha value is -3.03. The second kappa shape index (κ2) is 12.6. The average Bonchev–Trinajstić information content (AvgIpc) is 3.67. The summed E-state index contributed by atoms with van der Waals surface area (Å²) in [5.74, 6) is -0.975. The summed E-state index contributed by atoms with van der Waals surface area (Å²) in [4.78, 5) is 69.4. The second-order valence-corrected chi connectivity index (χ2v) is 15.3. The maximum atomic E-state index is 14.6. The summed E-state index contributed by atoms with van der Waals surface area (Å²) >= 11 is 0. The number of ketones is 3. The third-order valence-corrected chi connectivity index (χ3v) is 12.0. The Morgan fingerprint density at radius 1 is 1.02 bits per heavy atom. The Morgan fingerprint density at radius 3 is 2.31 bits per heavy atom. The summed E-state index contributed by atoms with van der Waals surface area (Å²) in [6.07, 6.45) is 7.23. The van der Waals surface area contributed by atoms with Crippen LogP contribution in [0, 0.1) is 40.9 Å². The van der Waals surface area contributed by atoms with E-state index in [4.69, 9.17) is 4.74 Å². The van der Waals surface area contributed by atoms with Crippen LogP contribution in [0.5, 0.6) is 0 Å². The van der Waals surface area contributed by atoms with Crippen molar-refractivity contribution in [3.8, 4) is 0 Å². The van der Waals surface area contributed by atoms with Crippen LogP contribution >= 0.6 is 0 Å². The van der Waals surface area contributed by atoms with Gasteiger partial charge in [0.25, 0.3) is 0 Å². The molecule has 1 saturated heterocycles. The Balaban J connectivity index is 1.23. The van der Waals surface area contributed by atoms with Crippen molar-refractivity contribution in [2.45, 2.75) is 117 Å². The topological polar surface area (TPSA) is 110 Å². The van der Waals surface area contributed by atoms with Crippen molar-refractivity contribution >= 4 is 29.4 Å². The number of nitrogens with zero attached hydrogens (tertiary/aromatic N) is 1. The summed E-state index contributed by atoms with van der Waals surface area (Å²) in [6, 6.07) is 6.65. The summed E-state index contributed by atoms with van der Waals surface area (Å²) in [6.45, 7) is 8.51. The first-order valence-electron chi connectivity index (χ1n) is 17.4. The van der Waals surface area contributed by atoms with Gasteiger partial charge >= 0.3 is 6.09 Å². The molecule has 45 heavy (non-hydrogen) atoms. The molecule has 244 valence electrons. The van der Waals surface area contributed by atoms with E-state index in [0.29, 0.717) is 31.7 Å². The fraction of sp³-hybridized carbons (Fsp3) is 0.703. The first-order valence-corrected chi connectivity index (χ1v) is 17.4. The molecule has 0 spiro atoms. The highest BCUT2D eigenvalue weighted by Crippen LogP contribution is 2.65. The summed E-state index contributed by atoms with van der Waals surface area (Å²) in [5.41, 5.74) is 2.26. The van der Waals surface area contributed by atoms with Crippen molar-refractivity contribution in [2.24, 2.45) is 40.9 Å². The van der Waals surface area contributed by atoms with Crippen LogP contribution in [0.3, 0.4) is 0 Å². The van der Waals surface area contributed by atoms with Gasteiger partial charge in [-0.05, 0) is 91.1 Å². The van der Waals surface area contributed by atoms with Crippen LogP contribution in [0.15, 0.2) is 24.3 Å². The van der Waals surface area contributed by atoms with Gasteiger partial charge in [-0.2, -0.15) is 0 Å². The molecule has 8 heteroatoms. The number of nitrogens with one attached hydrogen (secondary N) is 1. The molecule has 5 aliphatic rings. The normalized spacial score (nSPS) is 29.4. The average molecular weight is 619 g/mol. The fourth-order valence-corrected chi connectivity index (χ4v) is 8.79. The zero-order chi connectivity index (χ0) is 32.0. The number of fused-ring (bicyclic) bond motifs is 2. The summed E-state index contributed by atoms with van der Waals surface area (Å²) in [7, 11) is 0. The molecule has 3 unspecified atom stereocenters. The van der Waals surface area contributed by atoms with Crippen molar-refractivity contribution in [3.05, 3.63) is 35.4 Å². The van der Waals surface area contributed by atoms with Crippen molar-refractivity contribution in [1.29, 1.82) is 0 Å². The van der Waals surface area contributed by atoms with Crippen molar-refractivity contribution in [2.75, 3.05) is 6.54 Å². The van der Waals surface area contributed by atoms with Crippen molar-refractivity contribution < 1.29 is 28.7 Å². The van der Waals surface area contributed by atoms with E-state index in [2.05, 4.69) is 38.2 Å². The van der Waals surface area contributed by atoms with Crippen LogP contribution in [0.25, 0.3) is 0 Å². The van der Waals surface area contributed by atoms with E-state index < -0.39 is 35.7 Å². The van der Waals surface area contributed by atoms with E-state index >= 15 is 0 Å². The molecule has 1 aromatic carbocycles. The van der Waals surface area contributed by atoms with Gasteiger partial charge in [-0.25, -0.2) is 4.79 Å². The lowest BCUT2D eigenvalue weighted by Gasteiger charge is -2.35. The zero-order valence-corrected chi connectivity index (χ0v) is 27.4. The molecule has 1 aromatic rings. The molecular weight excluding hydrogens is 568 g/mol. The SMILES string of the molecule is CCC(=O)C(=O)C(CCC1CC1)CC(=O)C1C2[C@H](CN1C(=O)[C@@H](NC(=O)O[C@H]1CCC[C@@H]1C)C1Cc3ccccc3C1)C2(C)C. The number of carbonyl (C=O) groups is 5. The monoisotopic (exact) mass is 618 g/mol. The molecule has 4 fully saturated rings. The minimum Gasteiger partial charge on any atom is -0.446 e. The molecule has 1 aliphatic heterocycles. The number of ether oxygens (including phenoxy) is 1. The predicted molar refractivity (Wildman–Crippen MR) is 169 cm³/mol. The highest BCUT2D eigenvalue weighted by Gasteiger charge is 2.69. The van der Waals surface area contributed by atoms with Crippen LogP contribution in [-0.4, -0.2) is 59.0 Å². The van der Waals surface area contributed by atoms with Gasteiger partial charge in [0.05, 0.1) is 6.04 Å². The predicted octanol–water partition coefficient (Wildman–Crippen LogP) is 5.48. The van der Waals surface area contributed by atoms with Crippen molar-refractivity contribution in [1.82, 2.24) is 10.2 Å². The highest BCUT2D eigenvalue weighted by atomic mass is 16.6. The minimum atomic E-state index is -0.827. The molecule has 1 heterocycles. The molecule has 1 N–H and O–H groups in total. The van der Waals surface area contributed by atoms with Crippen LogP contribution in [0.2, 0.25) is 0 Å². The molecule has 0 bridgehead atoms. The van der Waals surface area contributed by atoms with Crippen LogP contribution in [-0.2, 0) is 36.8 Å². The smallest absolute Gasteiger partial charge is 0.408 e. The molecule has 3 saturated carbocycles. The lowest BCUT2D eigenvalue weighted by atomic mass is 9.85. The first kappa shape index (κ1) is 31.9. The number of amides is 2. The van der Waals surface area contributed by atoms with E-state index in [1.54, 1.807) is 11.8 Å². The van der Waals surface area contributed by atoms with E-state index in [0.717, 1.165) is 38.5 Å². The van der Waals surface area contributed by atoms with Gasteiger partial charge in [-0.15, -0.1) is 0 Å². The molecule has 0 aromatic heterocycles. The zero-order valence-electron chi connectivity index (χ0n) is 27.4. The number of benzene rings is 1. The van der Waals surface area contributed by atoms with E-state index in [-0.39, 0.29) is 59.7 Å². The third-order valence-electron chi connectivity index (χ3n) is 12.0. The van der Waals surface area contributed by atoms with E-state index in [1.807, 2.05) is 12.1 Å². The number of alkyl carbamates (subject to hydrolysis) is 1. The lowest BCUT2D eigenvalue weighted by molar-refractivity contribution is -0.144. The first-order chi connectivity index (χ1) is 21.5. The Bertz CT molecular complexity index is 1320. The number of rotatable bonds is 13. The second-order valence-electron chi connectivity index (χ2n) is 15.3. The van der Waals surface area contributed by atoms with Gasteiger partial charge in [0, 0.05) is 25.3 Å². The Labute approximate surface area is 267 Å².